The Morgan fingerprint density at radius 1 is 1.05 bits per heavy atom. The Kier molecular flexibility index (Phi) is 4.55. The zero-order chi connectivity index (χ0) is 14.0. The van der Waals surface area contributed by atoms with Gasteiger partial charge in [-0.3, -0.25) is 4.72 Å². The molecule has 0 bridgehead atoms. The quantitative estimate of drug-likeness (QED) is 0.777. The predicted molar refractivity (Wildman–Crippen MR) is 84.1 cm³/mol. The van der Waals surface area contributed by atoms with Crippen molar-refractivity contribution in [2.24, 2.45) is 0 Å². The van der Waals surface area contributed by atoms with Crippen LogP contribution >= 0.6 is 43.5 Å². The Morgan fingerprint density at radius 3 is 2.42 bits per heavy atom. The minimum atomic E-state index is -3.69. The highest BCUT2D eigenvalue weighted by atomic mass is 79.9. The average molecular weight is 426 g/mol. The summed E-state index contributed by atoms with van der Waals surface area (Å²) in [5.41, 5.74) is 0.326. The van der Waals surface area contributed by atoms with Gasteiger partial charge in [-0.1, -0.05) is 39.7 Å². The minimum absolute atomic E-state index is 0.158. The minimum Gasteiger partial charge on any atom is -0.278 e. The summed E-state index contributed by atoms with van der Waals surface area (Å²) < 4.78 is 28.2. The lowest BCUT2D eigenvalue weighted by Gasteiger charge is -2.11. The summed E-state index contributed by atoms with van der Waals surface area (Å²) in [5.74, 6) is 0. The summed E-state index contributed by atoms with van der Waals surface area (Å²) in [5, 5.41) is 0.332. The van der Waals surface area contributed by atoms with Crippen molar-refractivity contribution in [3.8, 4) is 0 Å². The Bertz CT molecular complexity index is 719. The second kappa shape index (κ2) is 5.83. The Balaban J connectivity index is 2.43. The van der Waals surface area contributed by atoms with Crippen molar-refractivity contribution in [3.05, 3.63) is 56.4 Å². The number of anilines is 1. The monoisotopic (exact) mass is 423 g/mol. The molecule has 0 amide bonds. The van der Waals surface area contributed by atoms with Crippen molar-refractivity contribution in [1.82, 2.24) is 0 Å². The van der Waals surface area contributed by atoms with E-state index in [9.17, 15) is 8.42 Å². The fourth-order valence-corrected chi connectivity index (χ4v) is 4.09. The van der Waals surface area contributed by atoms with Gasteiger partial charge in [0, 0.05) is 8.95 Å². The van der Waals surface area contributed by atoms with E-state index in [0.29, 0.717) is 15.2 Å². The average Bonchev–Trinajstić information content (AvgIpc) is 2.34. The van der Waals surface area contributed by atoms with Crippen LogP contribution in [0.5, 0.6) is 0 Å². The Hall–Kier alpha value is -0.560. The van der Waals surface area contributed by atoms with Crippen LogP contribution in [0, 0.1) is 0 Å². The molecule has 2 rings (SSSR count). The van der Waals surface area contributed by atoms with E-state index in [0.717, 1.165) is 4.47 Å². The maximum Gasteiger partial charge on any atom is 0.263 e. The summed E-state index contributed by atoms with van der Waals surface area (Å²) in [6.45, 7) is 0. The van der Waals surface area contributed by atoms with Gasteiger partial charge in [-0.15, -0.1) is 0 Å². The van der Waals surface area contributed by atoms with Crippen molar-refractivity contribution in [2.45, 2.75) is 4.90 Å². The first kappa shape index (κ1) is 14.8. The second-order valence-corrected chi connectivity index (χ2v) is 7.49. The highest BCUT2D eigenvalue weighted by Gasteiger charge is 2.18. The van der Waals surface area contributed by atoms with Crippen molar-refractivity contribution < 1.29 is 8.42 Å². The number of hydrogen-bond donors (Lipinski definition) is 1. The molecule has 0 saturated carbocycles. The second-order valence-electron chi connectivity index (χ2n) is 3.66. The van der Waals surface area contributed by atoms with E-state index in [4.69, 9.17) is 11.6 Å². The van der Waals surface area contributed by atoms with Crippen LogP contribution in [0.3, 0.4) is 0 Å². The number of halogens is 3. The third-order valence-corrected chi connectivity index (χ3v) is 5.50. The Labute approximate surface area is 133 Å². The van der Waals surface area contributed by atoms with Gasteiger partial charge < -0.3 is 0 Å². The van der Waals surface area contributed by atoms with Crippen LogP contribution in [0.25, 0.3) is 0 Å². The zero-order valence-electron chi connectivity index (χ0n) is 9.40. The van der Waals surface area contributed by atoms with Gasteiger partial charge in [0.25, 0.3) is 10.0 Å². The first-order chi connectivity index (χ1) is 8.90. The lowest BCUT2D eigenvalue weighted by molar-refractivity contribution is 0.601. The van der Waals surface area contributed by atoms with Gasteiger partial charge >= 0.3 is 0 Å². The van der Waals surface area contributed by atoms with E-state index < -0.39 is 10.0 Å². The lowest BCUT2D eigenvalue weighted by Crippen LogP contribution is -2.13. The fraction of sp³-hybridized carbons (Fsp3) is 0. The molecule has 2 aromatic carbocycles. The van der Waals surface area contributed by atoms with Crippen LogP contribution in [0.1, 0.15) is 0 Å². The van der Waals surface area contributed by atoms with E-state index in [-0.39, 0.29) is 4.90 Å². The summed E-state index contributed by atoms with van der Waals surface area (Å²) in [4.78, 5) is 0.158. The van der Waals surface area contributed by atoms with Gasteiger partial charge in [0.1, 0.15) is 4.90 Å². The number of nitrogens with one attached hydrogen (secondary N) is 1. The van der Waals surface area contributed by atoms with Crippen molar-refractivity contribution >= 4 is 59.2 Å². The highest BCUT2D eigenvalue weighted by Crippen LogP contribution is 2.29. The highest BCUT2D eigenvalue weighted by molar-refractivity contribution is 9.10. The summed E-state index contributed by atoms with van der Waals surface area (Å²) >= 11 is 12.5. The maximum absolute atomic E-state index is 12.3. The molecule has 19 heavy (non-hydrogen) atoms. The van der Waals surface area contributed by atoms with E-state index >= 15 is 0 Å². The number of benzene rings is 2. The molecule has 0 atom stereocenters. The topological polar surface area (TPSA) is 46.2 Å². The first-order valence-electron chi connectivity index (χ1n) is 5.12. The smallest absolute Gasteiger partial charge is 0.263 e. The molecule has 1 N–H and O–H groups in total. The van der Waals surface area contributed by atoms with Gasteiger partial charge in [0.2, 0.25) is 0 Å². The maximum atomic E-state index is 12.3. The van der Waals surface area contributed by atoms with Crippen LogP contribution in [0.15, 0.2) is 56.3 Å². The largest absolute Gasteiger partial charge is 0.278 e. The summed E-state index contributed by atoms with van der Waals surface area (Å²) in [6, 6.07) is 11.5. The Morgan fingerprint density at radius 2 is 1.74 bits per heavy atom. The molecular formula is C12H8Br2ClNO2S. The van der Waals surface area contributed by atoms with E-state index in [1.165, 1.54) is 6.07 Å². The van der Waals surface area contributed by atoms with Crippen LogP contribution in [-0.4, -0.2) is 8.42 Å². The van der Waals surface area contributed by atoms with Crippen LogP contribution in [0.2, 0.25) is 5.02 Å². The molecule has 0 aliphatic rings. The molecule has 100 valence electrons. The summed E-state index contributed by atoms with van der Waals surface area (Å²) in [7, 11) is -3.69. The molecule has 0 heterocycles. The molecule has 0 saturated heterocycles. The molecule has 0 fully saturated rings. The van der Waals surface area contributed by atoms with Gasteiger partial charge in [-0.05, 0) is 46.3 Å². The molecule has 0 aromatic heterocycles. The molecule has 0 aliphatic carbocycles. The fourth-order valence-electron chi connectivity index (χ4n) is 1.44. The molecule has 0 spiro atoms. The lowest BCUT2D eigenvalue weighted by atomic mass is 10.3. The molecule has 3 nitrogen and oxygen atoms in total. The first-order valence-corrected chi connectivity index (χ1v) is 8.57. The van der Waals surface area contributed by atoms with E-state index in [2.05, 4.69) is 36.6 Å². The molecule has 0 unspecified atom stereocenters. The molecule has 0 radical (unpaired) electrons. The van der Waals surface area contributed by atoms with Crippen LogP contribution < -0.4 is 4.72 Å². The molecule has 7 heteroatoms. The SMILES string of the molecule is O=S(=O)(Nc1cc(Br)ccc1Cl)c1ccccc1Br. The van der Waals surface area contributed by atoms with E-state index in [1.54, 1.807) is 36.4 Å². The zero-order valence-corrected chi connectivity index (χ0v) is 14.1. The number of rotatable bonds is 3. The van der Waals surface area contributed by atoms with E-state index in [1.807, 2.05) is 0 Å². The number of hydrogen-bond acceptors (Lipinski definition) is 2. The van der Waals surface area contributed by atoms with Gasteiger partial charge in [0.15, 0.2) is 0 Å². The van der Waals surface area contributed by atoms with Crippen LogP contribution in [0.4, 0.5) is 5.69 Å². The third-order valence-electron chi connectivity index (χ3n) is 2.30. The van der Waals surface area contributed by atoms with Crippen molar-refractivity contribution in [3.63, 3.8) is 0 Å². The molecular weight excluding hydrogens is 417 g/mol. The van der Waals surface area contributed by atoms with Gasteiger partial charge in [-0.25, -0.2) is 8.42 Å². The van der Waals surface area contributed by atoms with Gasteiger partial charge in [-0.2, -0.15) is 0 Å². The molecule has 0 aliphatic heterocycles. The third kappa shape index (κ3) is 3.51. The number of sulfonamides is 1. The van der Waals surface area contributed by atoms with Crippen molar-refractivity contribution in [2.75, 3.05) is 4.72 Å². The summed E-state index contributed by atoms with van der Waals surface area (Å²) in [6.07, 6.45) is 0. The normalized spacial score (nSPS) is 11.3. The van der Waals surface area contributed by atoms with Crippen molar-refractivity contribution in [1.29, 1.82) is 0 Å². The van der Waals surface area contributed by atoms with Gasteiger partial charge in [0.05, 0.1) is 10.7 Å². The predicted octanol–water partition coefficient (Wildman–Crippen LogP) is 4.67. The standard InChI is InChI=1S/C12H8Br2ClNO2S/c13-8-5-6-10(15)11(7-8)16-19(17,18)12-4-2-1-3-9(12)14/h1-7,16H. The van der Waals surface area contributed by atoms with Crippen LogP contribution in [-0.2, 0) is 10.0 Å². The molecule has 2 aromatic rings.